The van der Waals surface area contributed by atoms with Crippen LogP contribution in [-0.2, 0) is 28.8 Å². The van der Waals surface area contributed by atoms with Crippen molar-refractivity contribution in [2.45, 2.75) is 18.4 Å². The van der Waals surface area contributed by atoms with Gasteiger partial charge >= 0.3 is 17.9 Å². The molecule has 0 aromatic carbocycles. The zero-order valence-corrected chi connectivity index (χ0v) is 9.15. The first-order valence-corrected chi connectivity index (χ1v) is 4.53. The molecule has 0 rings (SSSR count). The summed E-state index contributed by atoms with van der Waals surface area (Å²) in [6.45, 7) is 0. The number of hydrogen-bond donors (Lipinski definition) is 4. The Hall–Kier alpha value is -2.62. The number of aliphatic hydroxyl groups is 1. The fourth-order valence-electron chi connectivity index (χ4n) is 1.10. The summed E-state index contributed by atoms with van der Waals surface area (Å²) in [6.07, 6.45) is -3.04. The highest BCUT2D eigenvalue weighted by Gasteiger charge is 2.46. The molecule has 0 aliphatic rings. The second kappa shape index (κ2) is 5.82. The molecule has 0 saturated heterocycles. The average Bonchev–Trinajstić information content (AvgIpc) is 2.26. The summed E-state index contributed by atoms with van der Waals surface area (Å²) in [5, 5.41) is 34.6. The molecule has 0 bridgehead atoms. The molecule has 0 heterocycles. The van der Waals surface area contributed by atoms with E-state index in [1.165, 1.54) is 0 Å². The van der Waals surface area contributed by atoms with Gasteiger partial charge in [-0.15, -0.1) is 0 Å². The zero-order chi connectivity index (χ0) is 15.4. The van der Waals surface area contributed by atoms with Crippen molar-refractivity contribution in [3.8, 4) is 0 Å². The number of hydrogen-bond acceptors (Lipinski definition) is 7. The summed E-state index contributed by atoms with van der Waals surface area (Å²) in [6, 6.07) is 0. The van der Waals surface area contributed by atoms with Gasteiger partial charge < -0.3 is 20.4 Å². The second-order valence-corrected chi connectivity index (χ2v) is 3.48. The number of Topliss-reactive ketones (excluding diaryl/α,β-unsaturated/α-hetero) is 3. The highest BCUT2D eigenvalue weighted by atomic mass is 16.4. The minimum atomic E-state index is -3.21. The normalized spacial score (nSPS) is 10.6. The van der Waals surface area contributed by atoms with Crippen LogP contribution in [0.15, 0.2) is 0 Å². The molecule has 0 spiro atoms. The largest absolute Gasteiger partial charge is 0.475 e. The van der Waals surface area contributed by atoms with Gasteiger partial charge in [-0.05, 0) is 0 Å². The Morgan fingerprint density at radius 2 is 1.00 bits per heavy atom. The van der Waals surface area contributed by atoms with E-state index in [9.17, 15) is 33.9 Å². The fourth-order valence-corrected chi connectivity index (χ4v) is 1.10. The summed E-state index contributed by atoms with van der Waals surface area (Å²) in [4.78, 5) is 63.8. The first-order chi connectivity index (χ1) is 8.51. The highest BCUT2D eigenvalue weighted by molar-refractivity contribution is 6.41. The summed E-state index contributed by atoms with van der Waals surface area (Å²) in [7, 11) is 0. The van der Waals surface area contributed by atoms with Gasteiger partial charge in [-0.1, -0.05) is 0 Å². The van der Waals surface area contributed by atoms with Gasteiger partial charge in [-0.2, -0.15) is 0 Å². The molecular formula is C9H8O10. The zero-order valence-electron chi connectivity index (χ0n) is 9.15. The standard InChI is InChI=1S/C9H8O10/c10-3(6(13)14)1-9(19,5(12)8(17)18)2-4(11)7(15)16/h19H,1-2H2,(H,13,14)(H,15,16)(H,17,18). The lowest BCUT2D eigenvalue weighted by Gasteiger charge is -2.21. The van der Waals surface area contributed by atoms with Gasteiger partial charge in [-0.3, -0.25) is 14.4 Å². The maximum atomic E-state index is 11.1. The predicted molar refractivity (Wildman–Crippen MR) is 52.1 cm³/mol. The SMILES string of the molecule is O=C(O)C(=O)CC(O)(CC(=O)C(=O)O)C(=O)C(=O)O. The third-order valence-electron chi connectivity index (χ3n) is 2.00. The fraction of sp³-hybridized carbons (Fsp3) is 0.333. The van der Waals surface area contributed by atoms with E-state index in [2.05, 4.69) is 0 Å². The van der Waals surface area contributed by atoms with Crippen molar-refractivity contribution >= 4 is 35.3 Å². The Bertz CT molecular complexity index is 445. The Morgan fingerprint density at radius 1 is 0.684 bits per heavy atom. The number of carboxylic acid groups (broad SMARTS) is 3. The number of ketones is 3. The van der Waals surface area contributed by atoms with Crippen LogP contribution in [0.4, 0.5) is 0 Å². The van der Waals surface area contributed by atoms with E-state index in [1.54, 1.807) is 0 Å². The third kappa shape index (κ3) is 4.27. The van der Waals surface area contributed by atoms with Gasteiger partial charge in [0.15, 0.2) is 0 Å². The van der Waals surface area contributed by atoms with Crippen LogP contribution in [0.1, 0.15) is 12.8 Å². The number of rotatable bonds is 8. The molecule has 10 heteroatoms. The van der Waals surface area contributed by atoms with Gasteiger partial charge in [0.05, 0.1) is 12.8 Å². The molecule has 0 unspecified atom stereocenters. The first kappa shape index (κ1) is 16.4. The summed E-state index contributed by atoms with van der Waals surface area (Å²) < 4.78 is 0. The van der Waals surface area contributed by atoms with Crippen LogP contribution < -0.4 is 0 Å². The molecule has 0 aliphatic carbocycles. The molecule has 0 atom stereocenters. The van der Waals surface area contributed by atoms with Crippen LogP contribution in [0.5, 0.6) is 0 Å². The lowest BCUT2D eigenvalue weighted by molar-refractivity contribution is -0.165. The van der Waals surface area contributed by atoms with Crippen LogP contribution in [-0.4, -0.2) is 61.3 Å². The maximum absolute atomic E-state index is 11.1. The highest BCUT2D eigenvalue weighted by Crippen LogP contribution is 2.18. The van der Waals surface area contributed by atoms with Crippen LogP contribution >= 0.6 is 0 Å². The van der Waals surface area contributed by atoms with Crippen LogP contribution in [0.25, 0.3) is 0 Å². The molecule has 0 aromatic heterocycles. The Morgan fingerprint density at radius 3 is 1.21 bits per heavy atom. The summed E-state index contributed by atoms with van der Waals surface area (Å²) in [5.41, 5.74) is -3.21. The Kier molecular flexibility index (Phi) is 5.02. The summed E-state index contributed by atoms with van der Waals surface area (Å²) >= 11 is 0. The van der Waals surface area contributed by atoms with Crippen molar-refractivity contribution in [1.29, 1.82) is 0 Å². The lowest BCUT2D eigenvalue weighted by Crippen LogP contribution is -2.48. The van der Waals surface area contributed by atoms with Crippen LogP contribution in [0, 0.1) is 0 Å². The van der Waals surface area contributed by atoms with E-state index in [0.717, 1.165) is 0 Å². The van der Waals surface area contributed by atoms with Crippen molar-refractivity contribution in [2.75, 3.05) is 0 Å². The molecule has 0 aromatic rings. The van der Waals surface area contributed by atoms with Gasteiger partial charge in [-0.25, -0.2) is 14.4 Å². The van der Waals surface area contributed by atoms with Gasteiger partial charge in [0.1, 0.15) is 5.60 Å². The Labute approximate surface area is 104 Å². The van der Waals surface area contributed by atoms with Crippen LogP contribution in [0.3, 0.4) is 0 Å². The topological polar surface area (TPSA) is 183 Å². The molecule has 19 heavy (non-hydrogen) atoms. The molecule has 0 amide bonds. The van der Waals surface area contributed by atoms with E-state index in [1.807, 2.05) is 0 Å². The minimum absolute atomic E-state index is 1.52. The van der Waals surface area contributed by atoms with Crippen molar-refractivity contribution in [2.24, 2.45) is 0 Å². The van der Waals surface area contributed by atoms with Gasteiger partial charge in [0.25, 0.3) is 5.78 Å². The monoisotopic (exact) mass is 276 g/mol. The second-order valence-electron chi connectivity index (χ2n) is 3.48. The van der Waals surface area contributed by atoms with Crippen molar-refractivity contribution in [3.63, 3.8) is 0 Å². The van der Waals surface area contributed by atoms with E-state index in [-0.39, 0.29) is 0 Å². The van der Waals surface area contributed by atoms with Gasteiger partial charge in [0.2, 0.25) is 11.6 Å². The van der Waals surface area contributed by atoms with E-state index < -0.39 is 53.7 Å². The van der Waals surface area contributed by atoms with Crippen molar-refractivity contribution in [3.05, 3.63) is 0 Å². The van der Waals surface area contributed by atoms with Gasteiger partial charge in [0, 0.05) is 0 Å². The van der Waals surface area contributed by atoms with Crippen molar-refractivity contribution < 1.29 is 49.2 Å². The Balaban J connectivity index is 5.36. The molecular weight excluding hydrogens is 268 g/mol. The number of carboxylic acids is 3. The molecule has 0 aliphatic heterocycles. The molecule has 104 valence electrons. The van der Waals surface area contributed by atoms with E-state index in [0.29, 0.717) is 0 Å². The predicted octanol–water partition coefficient (Wildman–Crippen LogP) is -2.54. The number of carbonyl (C=O) groups excluding carboxylic acids is 3. The molecule has 0 saturated carbocycles. The lowest BCUT2D eigenvalue weighted by atomic mass is 9.86. The summed E-state index contributed by atoms with van der Waals surface area (Å²) in [5.74, 6) is -11.9. The molecule has 0 radical (unpaired) electrons. The maximum Gasteiger partial charge on any atom is 0.375 e. The quantitative estimate of drug-likeness (QED) is 0.344. The molecule has 10 nitrogen and oxygen atoms in total. The smallest absolute Gasteiger partial charge is 0.375 e. The van der Waals surface area contributed by atoms with Crippen molar-refractivity contribution in [1.82, 2.24) is 0 Å². The van der Waals surface area contributed by atoms with E-state index in [4.69, 9.17) is 15.3 Å². The molecule has 0 fully saturated rings. The first-order valence-electron chi connectivity index (χ1n) is 4.53. The minimum Gasteiger partial charge on any atom is -0.475 e. The van der Waals surface area contributed by atoms with Crippen LogP contribution in [0.2, 0.25) is 0 Å². The third-order valence-corrected chi connectivity index (χ3v) is 2.00. The molecule has 4 N–H and O–H groups in total. The number of carbonyl (C=O) groups is 6. The average molecular weight is 276 g/mol. The van der Waals surface area contributed by atoms with E-state index >= 15 is 0 Å². The number of aliphatic carboxylic acids is 3.